The van der Waals surface area contributed by atoms with Gasteiger partial charge in [-0.15, -0.1) is 0 Å². The molecule has 0 amide bonds. The molecule has 1 saturated heterocycles. The Morgan fingerprint density at radius 2 is 1.65 bits per heavy atom. The number of aromatic carboxylic acids is 1. The molecule has 1 fully saturated rings. The molecule has 10 heteroatoms. The maximum atomic E-state index is 11.1. The lowest BCUT2D eigenvalue weighted by Crippen LogP contribution is -2.31. The van der Waals surface area contributed by atoms with E-state index in [1.54, 1.807) is 30.3 Å². The molecule has 1 aromatic heterocycles. The molecule has 0 spiro atoms. The zero-order valence-corrected chi connectivity index (χ0v) is 17.9. The first-order valence-electron chi connectivity index (χ1n) is 9.73. The van der Waals surface area contributed by atoms with E-state index in [0.29, 0.717) is 21.7 Å². The van der Waals surface area contributed by atoms with Gasteiger partial charge in [0.25, 0.3) is 0 Å². The Balaban J connectivity index is 1.66. The summed E-state index contributed by atoms with van der Waals surface area (Å²) in [6, 6.07) is 11.4. The number of carbonyl (C=O) groups is 1. The fourth-order valence-electron chi connectivity index (χ4n) is 3.18. The number of carboxylic acid groups (broad SMARTS) is 1. The maximum Gasteiger partial charge on any atom is 0.335 e. The number of anilines is 3. The SMILES string of the molecule is O=C(O)c1ccc(Nc2nc(Oc3c(Cl)cccc3Cl)nc(N3CCCCC3)n2)cc1. The van der Waals surface area contributed by atoms with E-state index < -0.39 is 5.97 Å². The number of hydrogen-bond donors (Lipinski definition) is 2. The largest absolute Gasteiger partial charge is 0.478 e. The summed E-state index contributed by atoms with van der Waals surface area (Å²) in [5.74, 6) is 0.0131. The topological polar surface area (TPSA) is 100 Å². The van der Waals surface area contributed by atoms with Gasteiger partial charge in [-0.1, -0.05) is 29.3 Å². The molecule has 0 saturated carbocycles. The van der Waals surface area contributed by atoms with E-state index >= 15 is 0 Å². The Bertz CT molecular complexity index is 1070. The van der Waals surface area contributed by atoms with Crippen molar-refractivity contribution in [2.24, 2.45) is 0 Å². The number of benzene rings is 2. The van der Waals surface area contributed by atoms with Crippen LogP contribution in [-0.4, -0.2) is 39.1 Å². The second-order valence-corrected chi connectivity index (χ2v) is 7.76. The zero-order chi connectivity index (χ0) is 21.8. The number of piperidine rings is 1. The van der Waals surface area contributed by atoms with Gasteiger partial charge in [0, 0.05) is 18.8 Å². The van der Waals surface area contributed by atoms with Crippen molar-refractivity contribution < 1.29 is 14.6 Å². The summed E-state index contributed by atoms with van der Waals surface area (Å²) in [7, 11) is 0. The lowest BCUT2D eigenvalue weighted by atomic mass is 10.1. The number of nitrogens with zero attached hydrogens (tertiary/aromatic N) is 4. The van der Waals surface area contributed by atoms with Gasteiger partial charge < -0.3 is 20.1 Å². The average molecular weight is 460 g/mol. The number of rotatable bonds is 6. The first kappa shape index (κ1) is 21.1. The van der Waals surface area contributed by atoms with Crippen molar-refractivity contribution in [2.75, 3.05) is 23.3 Å². The molecule has 3 aromatic rings. The fourth-order valence-corrected chi connectivity index (χ4v) is 3.65. The first-order chi connectivity index (χ1) is 15.0. The van der Waals surface area contributed by atoms with Crippen LogP contribution in [0.15, 0.2) is 42.5 Å². The van der Waals surface area contributed by atoms with Crippen LogP contribution in [0.4, 0.5) is 17.6 Å². The Hall–Kier alpha value is -3.10. The highest BCUT2D eigenvalue weighted by atomic mass is 35.5. The van der Waals surface area contributed by atoms with Crippen molar-refractivity contribution in [3.63, 3.8) is 0 Å². The number of hydrogen-bond acceptors (Lipinski definition) is 7. The second kappa shape index (κ2) is 9.36. The van der Waals surface area contributed by atoms with Crippen LogP contribution in [0.3, 0.4) is 0 Å². The first-order valence-corrected chi connectivity index (χ1v) is 10.5. The van der Waals surface area contributed by atoms with E-state index in [0.717, 1.165) is 25.9 Å². The average Bonchev–Trinajstić information content (AvgIpc) is 2.77. The molecule has 0 bridgehead atoms. The summed E-state index contributed by atoms with van der Waals surface area (Å²) < 4.78 is 5.83. The van der Waals surface area contributed by atoms with Crippen LogP contribution in [0.25, 0.3) is 0 Å². The fraction of sp³-hybridized carbons (Fsp3) is 0.238. The van der Waals surface area contributed by atoms with Crippen LogP contribution in [0.5, 0.6) is 11.8 Å². The van der Waals surface area contributed by atoms with Crippen LogP contribution in [-0.2, 0) is 0 Å². The van der Waals surface area contributed by atoms with Gasteiger partial charge in [0.15, 0.2) is 5.75 Å². The molecule has 0 atom stereocenters. The van der Waals surface area contributed by atoms with Gasteiger partial charge in [-0.3, -0.25) is 0 Å². The molecule has 8 nitrogen and oxygen atoms in total. The monoisotopic (exact) mass is 459 g/mol. The molecular weight excluding hydrogens is 441 g/mol. The van der Waals surface area contributed by atoms with Crippen molar-refractivity contribution in [1.29, 1.82) is 0 Å². The standard InChI is InChI=1S/C21H19Cl2N5O3/c22-15-5-4-6-16(23)17(15)31-21-26-19(24-14-9-7-13(8-10-14)18(29)30)25-20(27-21)28-11-2-1-3-12-28/h4-10H,1-3,11-12H2,(H,29,30)(H,24,25,26,27). The lowest BCUT2D eigenvalue weighted by molar-refractivity contribution is 0.0697. The minimum absolute atomic E-state index is 0.0511. The van der Waals surface area contributed by atoms with Crippen molar-refractivity contribution in [3.8, 4) is 11.8 Å². The van der Waals surface area contributed by atoms with E-state index in [2.05, 4.69) is 25.2 Å². The maximum absolute atomic E-state index is 11.1. The van der Waals surface area contributed by atoms with Gasteiger partial charge in [-0.05, 0) is 55.7 Å². The van der Waals surface area contributed by atoms with Gasteiger partial charge in [0.05, 0.1) is 15.6 Å². The van der Waals surface area contributed by atoms with Gasteiger partial charge >= 0.3 is 12.0 Å². The van der Waals surface area contributed by atoms with E-state index in [4.69, 9.17) is 33.0 Å². The third-order valence-corrected chi connectivity index (χ3v) is 5.34. The van der Waals surface area contributed by atoms with Gasteiger partial charge in [0.1, 0.15) is 0 Å². The molecule has 2 heterocycles. The third-order valence-electron chi connectivity index (χ3n) is 4.74. The predicted octanol–water partition coefficient (Wildman–Crippen LogP) is 5.40. The van der Waals surface area contributed by atoms with Gasteiger partial charge in [0.2, 0.25) is 11.9 Å². The number of halogens is 2. The van der Waals surface area contributed by atoms with Crippen LogP contribution in [0.2, 0.25) is 10.0 Å². The number of nitrogens with one attached hydrogen (secondary N) is 1. The normalized spacial score (nSPS) is 13.7. The summed E-state index contributed by atoms with van der Waals surface area (Å²) in [6.07, 6.45) is 3.27. The molecule has 31 heavy (non-hydrogen) atoms. The summed E-state index contributed by atoms with van der Waals surface area (Å²) in [5, 5.41) is 12.8. The number of carboxylic acids is 1. The highest BCUT2D eigenvalue weighted by Crippen LogP contribution is 2.35. The number of para-hydroxylation sites is 1. The molecule has 1 aliphatic rings. The molecule has 2 N–H and O–H groups in total. The summed E-state index contributed by atoms with van der Waals surface area (Å²) in [4.78, 5) is 26.5. The second-order valence-electron chi connectivity index (χ2n) is 6.95. The van der Waals surface area contributed by atoms with E-state index in [1.807, 2.05) is 0 Å². The Kier molecular flexibility index (Phi) is 6.39. The molecule has 0 aliphatic carbocycles. The Labute approximate surface area is 188 Å². The van der Waals surface area contributed by atoms with Gasteiger partial charge in [-0.2, -0.15) is 15.0 Å². The number of ether oxygens (including phenoxy) is 1. The van der Waals surface area contributed by atoms with Crippen molar-refractivity contribution >= 4 is 46.8 Å². The molecule has 0 unspecified atom stereocenters. The molecular formula is C21H19Cl2N5O3. The molecule has 160 valence electrons. The quantitative estimate of drug-likeness (QED) is 0.504. The van der Waals surface area contributed by atoms with Crippen LogP contribution in [0, 0.1) is 0 Å². The molecule has 1 aliphatic heterocycles. The van der Waals surface area contributed by atoms with Crippen molar-refractivity contribution in [1.82, 2.24) is 15.0 Å². The minimum Gasteiger partial charge on any atom is -0.478 e. The van der Waals surface area contributed by atoms with Crippen LogP contribution < -0.4 is 15.0 Å². The highest BCUT2D eigenvalue weighted by molar-refractivity contribution is 6.37. The smallest absolute Gasteiger partial charge is 0.335 e. The van der Waals surface area contributed by atoms with Crippen LogP contribution >= 0.6 is 23.2 Å². The third kappa shape index (κ3) is 5.15. The lowest BCUT2D eigenvalue weighted by Gasteiger charge is -2.26. The molecule has 4 rings (SSSR count). The Morgan fingerprint density at radius 1 is 0.968 bits per heavy atom. The van der Waals surface area contributed by atoms with Gasteiger partial charge in [-0.25, -0.2) is 4.79 Å². The van der Waals surface area contributed by atoms with E-state index in [1.165, 1.54) is 18.6 Å². The summed E-state index contributed by atoms with van der Waals surface area (Å²) in [6.45, 7) is 1.67. The van der Waals surface area contributed by atoms with Crippen LogP contribution in [0.1, 0.15) is 29.6 Å². The predicted molar refractivity (Wildman–Crippen MR) is 119 cm³/mol. The summed E-state index contributed by atoms with van der Waals surface area (Å²) in [5.41, 5.74) is 0.815. The molecule has 2 aromatic carbocycles. The van der Waals surface area contributed by atoms with Crippen molar-refractivity contribution in [2.45, 2.75) is 19.3 Å². The number of aromatic nitrogens is 3. The summed E-state index contributed by atoms with van der Waals surface area (Å²) >= 11 is 12.4. The highest BCUT2D eigenvalue weighted by Gasteiger charge is 2.19. The zero-order valence-electron chi connectivity index (χ0n) is 16.4. The molecule has 0 radical (unpaired) electrons. The van der Waals surface area contributed by atoms with E-state index in [-0.39, 0.29) is 23.3 Å². The van der Waals surface area contributed by atoms with E-state index in [9.17, 15) is 4.79 Å². The Morgan fingerprint density at radius 3 is 2.29 bits per heavy atom. The van der Waals surface area contributed by atoms with Crippen molar-refractivity contribution in [3.05, 3.63) is 58.1 Å². The minimum atomic E-state index is -0.994.